The third kappa shape index (κ3) is 3.49. The fourth-order valence-electron chi connectivity index (χ4n) is 3.32. The average molecular weight is 401 g/mol. The zero-order valence-electron chi connectivity index (χ0n) is 15.3. The van der Waals surface area contributed by atoms with Crippen molar-refractivity contribution in [2.45, 2.75) is 31.5 Å². The summed E-state index contributed by atoms with van der Waals surface area (Å²) in [7, 11) is -0.655. The monoisotopic (exact) mass is 401 g/mol. The molecule has 1 unspecified atom stereocenters. The second kappa shape index (κ2) is 7.88. The fourth-order valence-corrected chi connectivity index (χ4v) is 5.24. The summed E-state index contributed by atoms with van der Waals surface area (Å²) in [5, 5.41) is 23.4. The Balaban J connectivity index is 1.58. The smallest absolute Gasteiger partial charge is 0.167 e. The van der Waals surface area contributed by atoms with E-state index in [-0.39, 0.29) is 5.82 Å². The van der Waals surface area contributed by atoms with E-state index in [1.807, 2.05) is 30.4 Å². The summed E-state index contributed by atoms with van der Waals surface area (Å²) in [6, 6.07) is 0. The Morgan fingerprint density at radius 2 is 1.89 bits per heavy atom. The normalized spacial score (nSPS) is 31.5. The maximum atomic E-state index is 10.6. The summed E-state index contributed by atoms with van der Waals surface area (Å²) in [4.78, 5) is 13.6. The van der Waals surface area contributed by atoms with E-state index in [9.17, 15) is 10.2 Å². The lowest BCUT2D eigenvalue weighted by molar-refractivity contribution is -0.0289. The van der Waals surface area contributed by atoms with Crippen molar-refractivity contribution in [2.75, 3.05) is 11.5 Å². The van der Waals surface area contributed by atoms with Crippen LogP contribution in [0, 0.1) is 0 Å². The Labute approximate surface area is 165 Å². The van der Waals surface area contributed by atoms with Crippen LogP contribution in [0.15, 0.2) is 59.4 Å². The van der Waals surface area contributed by atoms with Crippen LogP contribution in [0.25, 0.3) is 11.2 Å². The first-order valence-corrected chi connectivity index (χ1v) is 10.6. The number of anilines is 1. The van der Waals surface area contributed by atoms with E-state index in [2.05, 4.69) is 33.4 Å². The number of fused-ring (bicyclic) bond motifs is 1. The van der Waals surface area contributed by atoms with Crippen molar-refractivity contribution in [3.63, 3.8) is 0 Å². The van der Waals surface area contributed by atoms with Crippen molar-refractivity contribution in [3.8, 4) is 0 Å². The van der Waals surface area contributed by atoms with Gasteiger partial charge in [-0.05, 0) is 17.2 Å². The summed E-state index contributed by atoms with van der Waals surface area (Å²) in [6.45, 7) is 2.07. The highest BCUT2D eigenvalue weighted by Crippen LogP contribution is 2.42. The second-order valence-corrected chi connectivity index (χ2v) is 9.01. The number of nitrogens with two attached hydrogens (primary N) is 1. The van der Waals surface area contributed by atoms with Crippen LogP contribution in [-0.4, -0.2) is 53.8 Å². The summed E-state index contributed by atoms with van der Waals surface area (Å²) in [5.41, 5.74) is 6.74. The van der Waals surface area contributed by atoms with E-state index in [0.29, 0.717) is 16.9 Å². The molecular formula is C19H23N5O3S. The molecule has 8 nitrogen and oxygen atoms in total. The summed E-state index contributed by atoms with van der Waals surface area (Å²) in [5.74, 6) is 0.864. The zero-order valence-corrected chi connectivity index (χ0v) is 16.2. The number of aromatic nitrogens is 4. The van der Waals surface area contributed by atoms with Gasteiger partial charge in [0, 0.05) is 5.75 Å². The molecule has 4 rings (SSSR count). The van der Waals surface area contributed by atoms with Gasteiger partial charge in [-0.3, -0.25) is 4.57 Å². The first kappa shape index (κ1) is 18.9. The molecule has 0 radical (unpaired) electrons. The number of thiol groups is 1. The van der Waals surface area contributed by atoms with Crippen molar-refractivity contribution >= 4 is 27.9 Å². The van der Waals surface area contributed by atoms with Gasteiger partial charge >= 0.3 is 0 Å². The maximum Gasteiger partial charge on any atom is 0.167 e. The van der Waals surface area contributed by atoms with E-state index in [1.165, 1.54) is 17.6 Å². The highest BCUT2D eigenvalue weighted by molar-refractivity contribution is 8.22. The number of aliphatic hydroxyl groups excluding tert-OH is 2. The number of aliphatic hydroxyl groups is 2. The van der Waals surface area contributed by atoms with Gasteiger partial charge in [-0.25, -0.2) is 25.8 Å². The molecular weight excluding hydrogens is 378 g/mol. The molecule has 4 N–H and O–H groups in total. The molecule has 0 spiro atoms. The Morgan fingerprint density at radius 1 is 1.11 bits per heavy atom. The van der Waals surface area contributed by atoms with Crippen molar-refractivity contribution in [1.29, 1.82) is 0 Å². The molecule has 1 saturated heterocycles. The molecule has 0 amide bonds. The number of nitrogens with zero attached hydrogens (tertiary/aromatic N) is 4. The predicted molar refractivity (Wildman–Crippen MR) is 111 cm³/mol. The number of nitrogen functional groups attached to an aromatic ring is 1. The minimum absolute atomic E-state index is 0.259. The van der Waals surface area contributed by atoms with Crippen LogP contribution in [-0.2, 0) is 4.74 Å². The Bertz CT molecular complexity index is 983. The lowest BCUT2D eigenvalue weighted by atomic mass is 10.1. The van der Waals surface area contributed by atoms with Gasteiger partial charge in [-0.1, -0.05) is 36.5 Å². The maximum absolute atomic E-state index is 10.6. The van der Waals surface area contributed by atoms with Gasteiger partial charge in [0.1, 0.15) is 24.1 Å². The molecule has 0 saturated carbocycles. The first-order valence-electron chi connectivity index (χ1n) is 8.96. The third-order valence-corrected chi connectivity index (χ3v) is 7.22. The Hall–Kier alpha value is -2.46. The number of imidazole rings is 1. The van der Waals surface area contributed by atoms with Gasteiger partial charge in [0.2, 0.25) is 0 Å². The van der Waals surface area contributed by atoms with Crippen LogP contribution in [0.5, 0.6) is 0 Å². The van der Waals surface area contributed by atoms with Crippen LogP contribution in [0.3, 0.4) is 0 Å². The summed E-state index contributed by atoms with van der Waals surface area (Å²) in [6.07, 6.45) is 11.4. The molecule has 9 heteroatoms. The minimum Gasteiger partial charge on any atom is -0.387 e. The Kier molecular flexibility index (Phi) is 5.31. The van der Waals surface area contributed by atoms with Crippen LogP contribution in [0.4, 0.5) is 5.82 Å². The van der Waals surface area contributed by atoms with Gasteiger partial charge in [-0.15, -0.1) is 0 Å². The number of allylic oxidation sites excluding steroid dienone is 7. The molecule has 2 aromatic rings. The molecule has 0 aliphatic carbocycles. The average Bonchev–Trinajstić information content (AvgIpc) is 3.25. The first-order chi connectivity index (χ1) is 13.6. The van der Waals surface area contributed by atoms with Gasteiger partial charge in [0.25, 0.3) is 0 Å². The number of ether oxygens (including phenoxy) is 1. The van der Waals surface area contributed by atoms with Gasteiger partial charge in [-0.2, -0.15) is 0 Å². The van der Waals surface area contributed by atoms with Gasteiger partial charge in [0.05, 0.1) is 12.4 Å². The zero-order chi connectivity index (χ0) is 19.7. The van der Waals surface area contributed by atoms with Crippen LogP contribution in [0.2, 0.25) is 0 Å². The van der Waals surface area contributed by atoms with Crippen LogP contribution in [0.1, 0.15) is 13.2 Å². The molecule has 148 valence electrons. The second-order valence-electron chi connectivity index (χ2n) is 6.70. The van der Waals surface area contributed by atoms with E-state index < -0.39 is 35.4 Å². The van der Waals surface area contributed by atoms with E-state index >= 15 is 0 Å². The standard InChI is InChI=1S/C19H23N5O3S/c1-12-7-5-3-2-4-6-8-28(12)9-13-15(25)16(26)19(27-13)24-11-23-14-17(20)21-10-22-18(14)24/h2-8,10-11,13,15-16,19,25-26,28H,9H2,1H3,(H2,20,21,22)/t13-,15-,16-,19-/m1/s1. The van der Waals surface area contributed by atoms with Crippen molar-refractivity contribution in [3.05, 3.63) is 59.4 Å². The van der Waals surface area contributed by atoms with E-state index in [4.69, 9.17) is 10.5 Å². The number of hydrogen-bond acceptors (Lipinski definition) is 7. The molecule has 2 aliphatic heterocycles. The van der Waals surface area contributed by atoms with Crippen LogP contribution < -0.4 is 5.73 Å². The minimum atomic E-state index is -1.10. The van der Waals surface area contributed by atoms with E-state index in [1.54, 1.807) is 4.57 Å². The molecule has 0 bridgehead atoms. The topological polar surface area (TPSA) is 119 Å². The molecule has 2 aromatic heterocycles. The fraction of sp³-hybridized carbons (Fsp3) is 0.316. The van der Waals surface area contributed by atoms with E-state index in [0.717, 1.165) is 0 Å². The molecule has 0 aromatic carbocycles. The molecule has 5 atom stereocenters. The molecule has 1 fully saturated rings. The molecule has 28 heavy (non-hydrogen) atoms. The highest BCUT2D eigenvalue weighted by atomic mass is 32.2. The third-order valence-electron chi connectivity index (χ3n) is 4.88. The highest BCUT2D eigenvalue weighted by Gasteiger charge is 2.44. The van der Waals surface area contributed by atoms with Crippen molar-refractivity contribution in [1.82, 2.24) is 19.5 Å². The number of rotatable bonds is 3. The summed E-state index contributed by atoms with van der Waals surface area (Å²) >= 11 is 0. The van der Waals surface area contributed by atoms with Gasteiger partial charge < -0.3 is 20.7 Å². The van der Waals surface area contributed by atoms with Crippen LogP contribution >= 0.6 is 10.9 Å². The number of hydrogen-bond donors (Lipinski definition) is 4. The predicted octanol–water partition coefficient (Wildman–Crippen LogP) is 1.57. The quantitative estimate of drug-likeness (QED) is 0.576. The molecule has 4 heterocycles. The lowest BCUT2D eigenvalue weighted by Crippen LogP contribution is -2.33. The lowest BCUT2D eigenvalue weighted by Gasteiger charge is -2.24. The SMILES string of the molecule is CC1=CC=CC=CC=C[SH]1C[C@H]1O[C@@H](n2cnc3c(N)ncnc32)[C@H](O)[C@@H]1O. The molecule has 2 aliphatic rings. The summed E-state index contributed by atoms with van der Waals surface area (Å²) < 4.78 is 7.67. The van der Waals surface area contributed by atoms with Crippen molar-refractivity contribution < 1.29 is 14.9 Å². The largest absolute Gasteiger partial charge is 0.387 e. The van der Waals surface area contributed by atoms with Gasteiger partial charge in [0.15, 0.2) is 17.7 Å². The van der Waals surface area contributed by atoms with Crippen molar-refractivity contribution in [2.24, 2.45) is 0 Å². The Morgan fingerprint density at radius 3 is 2.75 bits per heavy atom.